The smallest absolute Gasteiger partial charge is 0.378 e. The van der Waals surface area contributed by atoms with Gasteiger partial charge in [0.05, 0.1) is 30.3 Å². The summed E-state index contributed by atoms with van der Waals surface area (Å²) in [6, 6.07) is 2.82. The first-order valence-electron chi connectivity index (χ1n) is 10.5. The summed E-state index contributed by atoms with van der Waals surface area (Å²) in [6.07, 6.45) is -5.40. The molecule has 1 aliphatic heterocycles. The summed E-state index contributed by atoms with van der Waals surface area (Å²) in [4.78, 5) is 16.5. The summed E-state index contributed by atoms with van der Waals surface area (Å²) >= 11 is 2.60. The SMILES string of the molecule is C=C/C=C(/C)SCC(OC)N1CCOCC1CNC(=O)c1ccc(C(N)NC(O)C(F)(F)F)s1. The Morgan fingerprint density at radius 2 is 2.26 bits per heavy atom. The number of thiophene rings is 1. The van der Waals surface area contributed by atoms with Gasteiger partial charge >= 0.3 is 6.18 Å². The van der Waals surface area contributed by atoms with Crippen LogP contribution in [0, 0.1) is 0 Å². The number of aliphatic hydroxyl groups is 1. The molecule has 1 aromatic heterocycles. The van der Waals surface area contributed by atoms with E-state index in [2.05, 4.69) is 16.8 Å². The first kappa shape index (κ1) is 28.8. The van der Waals surface area contributed by atoms with Crippen molar-refractivity contribution >= 4 is 29.0 Å². The van der Waals surface area contributed by atoms with Gasteiger partial charge in [-0.05, 0) is 24.0 Å². The molecule has 4 unspecified atom stereocenters. The topological polar surface area (TPSA) is 109 Å². The molecule has 1 aliphatic rings. The Hall–Kier alpha value is -1.45. The van der Waals surface area contributed by atoms with Crippen molar-refractivity contribution in [1.29, 1.82) is 0 Å². The van der Waals surface area contributed by atoms with E-state index in [1.54, 1.807) is 24.9 Å². The van der Waals surface area contributed by atoms with Gasteiger partial charge in [0.25, 0.3) is 5.91 Å². The Morgan fingerprint density at radius 1 is 1.53 bits per heavy atom. The van der Waals surface area contributed by atoms with Crippen molar-refractivity contribution in [1.82, 2.24) is 15.5 Å². The van der Waals surface area contributed by atoms with E-state index in [1.165, 1.54) is 12.1 Å². The Bertz CT molecular complexity index is 837. The van der Waals surface area contributed by atoms with Crippen LogP contribution in [-0.4, -0.2) is 79.8 Å². The van der Waals surface area contributed by atoms with Gasteiger partial charge in [-0.25, -0.2) is 0 Å². The Balaban J connectivity index is 1.94. The van der Waals surface area contributed by atoms with E-state index < -0.39 is 18.6 Å². The minimum atomic E-state index is -4.85. The van der Waals surface area contributed by atoms with Crippen molar-refractivity contribution in [2.45, 2.75) is 37.8 Å². The summed E-state index contributed by atoms with van der Waals surface area (Å²) in [5.74, 6) is 0.318. The van der Waals surface area contributed by atoms with Crippen molar-refractivity contribution < 1.29 is 32.5 Å². The van der Waals surface area contributed by atoms with Crippen LogP contribution in [0.25, 0.3) is 0 Å². The molecule has 1 fully saturated rings. The molecule has 2 heterocycles. The third-order valence-electron chi connectivity index (χ3n) is 5.02. The number of allylic oxidation sites excluding steroid dienone is 3. The van der Waals surface area contributed by atoms with Crippen LogP contribution in [0.5, 0.6) is 0 Å². The number of nitrogens with one attached hydrogen (secondary N) is 2. The monoisotopic (exact) mass is 524 g/mol. The molecule has 0 saturated carbocycles. The lowest BCUT2D eigenvalue weighted by molar-refractivity contribution is -0.215. The Morgan fingerprint density at radius 3 is 2.91 bits per heavy atom. The number of carbonyl (C=O) groups is 1. The van der Waals surface area contributed by atoms with Crippen LogP contribution < -0.4 is 16.4 Å². The van der Waals surface area contributed by atoms with Gasteiger partial charge in [-0.3, -0.25) is 15.0 Å². The average molecular weight is 525 g/mol. The number of methoxy groups -OCH3 is 1. The van der Waals surface area contributed by atoms with Gasteiger partial charge in [0, 0.05) is 30.8 Å². The quantitative estimate of drug-likeness (QED) is 0.244. The molecule has 0 aromatic carbocycles. The summed E-state index contributed by atoms with van der Waals surface area (Å²) in [7, 11) is 1.64. The molecule has 1 amide bonds. The Kier molecular flexibility index (Phi) is 11.5. The molecule has 0 bridgehead atoms. The van der Waals surface area contributed by atoms with Gasteiger partial charge in [0.1, 0.15) is 6.23 Å². The number of aliphatic hydroxyl groups excluding tert-OH is 1. The van der Waals surface area contributed by atoms with Crippen LogP contribution >= 0.6 is 23.1 Å². The highest BCUT2D eigenvalue weighted by Gasteiger charge is 2.39. The molecule has 2 rings (SSSR count). The first-order valence-corrected chi connectivity index (χ1v) is 12.3. The fourth-order valence-corrected chi connectivity index (χ4v) is 5.04. The van der Waals surface area contributed by atoms with E-state index in [9.17, 15) is 18.0 Å². The summed E-state index contributed by atoms with van der Waals surface area (Å²) in [6.45, 7) is 7.62. The number of thioether (sulfide) groups is 1. The van der Waals surface area contributed by atoms with Crippen LogP contribution in [-0.2, 0) is 9.47 Å². The molecule has 0 aliphatic carbocycles. The second-order valence-electron chi connectivity index (χ2n) is 7.48. The largest absolute Gasteiger partial charge is 0.428 e. The normalized spacial score (nSPS) is 20.6. The van der Waals surface area contributed by atoms with Crippen LogP contribution in [0.4, 0.5) is 13.2 Å². The molecule has 13 heteroatoms. The molecular weight excluding hydrogens is 493 g/mol. The highest BCUT2D eigenvalue weighted by Crippen LogP contribution is 2.25. The van der Waals surface area contributed by atoms with E-state index in [0.717, 1.165) is 16.2 Å². The maximum absolute atomic E-state index is 12.6. The number of alkyl halides is 3. The minimum Gasteiger partial charge on any atom is -0.378 e. The molecule has 8 nitrogen and oxygen atoms in total. The highest BCUT2D eigenvalue weighted by molar-refractivity contribution is 8.03. The number of rotatable bonds is 12. The number of hydrogen-bond acceptors (Lipinski definition) is 9. The van der Waals surface area contributed by atoms with Crippen LogP contribution in [0.15, 0.2) is 35.8 Å². The first-order chi connectivity index (χ1) is 16.1. The van der Waals surface area contributed by atoms with Crippen LogP contribution in [0.1, 0.15) is 27.6 Å². The zero-order valence-corrected chi connectivity index (χ0v) is 20.6. The molecular formula is C21H31F3N4O4S2. The zero-order valence-electron chi connectivity index (χ0n) is 19.0. The predicted octanol–water partition coefficient (Wildman–Crippen LogP) is 2.40. The number of halogens is 3. The van der Waals surface area contributed by atoms with Crippen molar-refractivity contribution in [2.75, 3.05) is 39.2 Å². The van der Waals surface area contributed by atoms with Crippen molar-refractivity contribution in [3.63, 3.8) is 0 Å². The molecule has 0 radical (unpaired) electrons. The number of morpholine rings is 1. The molecule has 0 spiro atoms. The van der Waals surface area contributed by atoms with E-state index >= 15 is 0 Å². The van der Waals surface area contributed by atoms with Crippen LogP contribution in [0.2, 0.25) is 0 Å². The standard InChI is InChI=1S/C21H31F3N4O4S2/c1-4-5-13(2)33-12-17(31-3)28-8-9-32-11-14(28)10-26-19(29)16-7-6-15(34-16)18(25)27-20(30)21(22,23)24/h4-7,14,17-18,20,27,30H,1,8-12,25H2,2-3H3,(H,26,29)/b13-5-. The fraction of sp³-hybridized carbons (Fsp3) is 0.571. The van der Waals surface area contributed by atoms with Crippen molar-refractivity contribution in [3.05, 3.63) is 45.5 Å². The second-order valence-corrected chi connectivity index (χ2v) is 9.86. The molecule has 34 heavy (non-hydrogen) atoms. The summed E-state index contributed by atoms with van der Waals surface area (Å²) in [5, 5.41) is 13.8. The summed E-state index contributed by atoms with van der Waals surface area (Å²) in [5.41, 5.74) is 5.69. The molecule has 192 valence electrons. The van der Waals surface area contributed by atoms with E-state index in [1.807, 2.05) is 18.3 Å². The molecule has 5 N–H and O–H groups in total. The lowest BCUT2D eigenvalue weighted by Crippen LogP contribution is -2.56. The zero-order chi connectivity index (χ0) is 25.3. The van der Waals surface area contributed by atoms with Gasteiger partial charge in [-0.2, -0.15) is 13.2 Å². The molecule has 4 atom stereocenters. The average Bonchev–Trinajstić information content (AvgIpc) is 3.28. The number of ether oxygens (including phenoxy) is 2. The van der Waals surface area contributed by atoms with Gasteiger partial charge in [-0.15, -0.1) is 23.1 Å². The third-order valence-corrected chi connectivity index (χ3v) is 7.23. The third kappa shape index (κ3) is 8.64. The number of amides is 1. The van der Waals surface area contributed by atoms with E-state index in [4.69, 9.17) is 20.3 Å². The fourth-order valence-electron chi connectivity index (χ4n) is 3.23. The lowest BCUT2D eigenvalue weighted by Gasteiger charge is -2.40. The lowest BCUT2D eigenvalue weighted by atomic mass is 10.2. The van der Waals surface area contributed by atoms with Gasteiger partial charge < -0.3 is 25.6 Å². The van der Waals surface area contributed by atoms with Gasteiger partial charge in [0.2, 0.25) is 6.23 Å². The van der Waals surface area contributed by atoms with E-state index in [-0.39, 0.29) is 23.1 Å². The second kappa shape index (κ2) is 13.6. The Labute approximate surface area is 205 Å². The van der Waals surface area contributed by atoms with Gasteiger partial charge in [0.15, 0.2) is 0 Å². The molecule has 1 aromatic rings. The van der Waals surface area contributed by atoms with E-state index in [0.29, 0.717) is 36.9 Å². The maximum Gasteiger partial charge on any atom is 0.428 e. The number of hydrogen-bond donors (Lipinski definition) is 4. The van der Waals surface area contributed by atoms with Gasteiger partial charge in [-0.1, -0.05) is 18.7 Å². The molecule has 1 saturated heterocycles. The number of carbonyl (C=O) groups excluding carboxylic acids is 1. The number of nitrogens with zero attached hydrogens (tertiary/aromatic N) is 1. The maximum atomic E-state index is 12.6. The predicted molar refractivity (Wildman–Crippen MR) is 127 cm³/mol. The van der Waals surface area contributed by atoms with Crippen molar-refractivity contribution in [2.24, 2.45) is 5.73 Å². The minimum absolute atomic E-state index is 0.114. The van der Waals surface area contributed by atoms with Crippen molar-refractivity contribution in [3.8, 4) is 0 Å². The van der Waals surface area contributed by atoms with Crippen LogP contribution in [0.3, 0.4) is 0 Å². The summed E-state index contributed by atoms with van der Waals surface area (Å²) < 4.78 is 48.8. The highest BCUT2D eigenvalue weighted by atomic mass is 32.2. The number of nitrogens with two attached hydrogens (primary N) is 1.